The number of ether oxygens (including phenoxy) is 1. The lowest BCUT2D eigenvalue weighted by atomic mass is 9.97. The van der Waals surface area contributed by atoms with Gasteiger partial charge < -0.3 is 10.1 Å². The molecule has 0 saturated carbocycles. The van der Waals surface area contributed by atoms with Crippen molar-refractivity contribution >= 4 is 61.8 Å². The van der Waals surface area contributed by atoms with Gasteiger partial charge in [-0.3, -0.25) is 14.2 Å². The highest BCUT2D eigenvalue weighted by atomic mass is 79.9. The number of carbonyl (C=O) groups is 2. The topological polar surface area (TPSA) is 60.3 Å². The van der Waals surface area contributed by atoms with E-state index in [1.54, 1.807) is 30.3 Å². The molecule has 0 spiro atoms. The molecule has 5 nitrogen and oxygen atoms in total. The van der Waals surface area contributed by atoms with Crippen LogP contribution in [0.1, 0.15) is 48.3 Å². The van der Waals surface area contributed by atoms with Gasteiger partial charge in [0.15, 0.2) is 0 Å². The number of amides is 1. The third kappa shape index (κ3) is 4.34. The summed E-state index contributed by atoms with van der Waals surface area (Å²) in [5, 5.41) is 3.96. The molecule has 0 saturated heterocycles. The summed E-state index contributed by atoms with van der Waals surface area (Å²) in [6, 6.07) is 8.82. The summed E-state index contributed by atoms with van der Waals surface area (Å²) in [5.41, 5.74) is 2.30. The predicted molar refractivity (Wildman–Crippen MR) is 129 cm³/mol. The molecular formula is C23H23BrCl2N2O3. The molecule has 31 heavy (non-hydrogen) atoms. The molecule has 1 atom stereocenters. The second-order valence-corrected chi connectivity index (χ2v) is 8.77. The number of fused-ring (bicyclic) bond motifs is 1. The van der Waals surface area contributed by atoms with Gasteiger partial charge in [0.2, 0.25) is 5.91 Å². The molecule has 0 radical (unpaired) electrons. The lowest BCUT2D eigenvalue weighted by Crippen LogP contribution is -2.28. The van der Waals surface area contributed by atoms with E-state index in [0.717, 1.165) is 4.47 Å². The van der Waals surface area contributed by atoms with Crippen molar-refractivity contribution in [2.24, 2.45) is 0 Å². The van der Waals surface area contributed by atoms with Gasteiger partial charge in [-0.15, -0.1) is 0 Å². The largest absolute Gasteiger partial charge is 0.492 e. The van der Waals surface area contributed by atoms with Gasteiger partial charge in [0.25, 0.3) is 5.91 Å². The first kappa shape index (κ1) is 23.6. The molecule has 0 aliphatic carbocycles. The van der Waals surface area contributed by atoms with Crippen LogP contribution in [0.5, 0.6) is 5.75 Å². The molecule has 0 bridgehead atoms. The molecule has 8 heteroatoms. The van der Waals surface area contributed by atoms with Gasteiger partial charge in [-0.2, -0.15) is 0 Å². The highest BCUT2D eigenvalue weighted by molar-refractivity contribution is 9.10. The Labute approximate surface area is 199 Å². The molecule has 1 heterocycles. The summed E-state index contributed by atoms with van der Waals surface area (Å²) in [5.74, 6) is -0.483. The third-order valence-corrected chi connectivity index (χ3v) is 6.53. The highest BCUT2D eigenvalue weighted by Gasteiger charge is 2.29. The third-order valence-electron chi connectivity index (χ3n) is 5.16. The monoisotopic (exact) mass is 524 g/mol. The van der Waals surface area contributed by atoms with Crippen LogP contribution in [0.3, 0.4) is 0 Å². The molecule has 1 aromatic heterocycles. The van der Waals surface area contributed by atoms with Gasteiger partial charge in [0.1, 0.15) is 10.8 Å². The fourth-order valence-electron chi connectivity index (χ4n) is 3.74. The number of likely N-dealkylation sites (N-methyl/N-ethyl adjacent to an activating group) is 1. The first-order chi connectivity index (χ1) is 14.7. The fourth-order valence-corrected chi connectivity index (χ4v) is 4.48. The Morgan fingerprint density at radius 2 is 1.81 bits per heavy atom. The molecule has 0 fully saturated rings. The number of hydrogen-bond donors (Lipinski definition) is 1. The van der Waals surface area contributed by atoms with Gasteiger partial charge in [-0.1, -0.05) is 39.1 Å². The smallest absolute Gasteiger partial charge is 0.262 e. The Morgan fingerprint density at radius 1 is 1.16 bits per heavy atom. The maximum absolute atomic E-state index is 13.5. The number of nitrogens with zero attached hydrogens (tertiary/aromatic N) is 1. The lowest BCUT2D eigenvalue weighted by Gasteiger charge is -2.13. The Hall–Kier alpha value is -2.02. The van der Waals surface area contributed by atoms with Crippen LogP contribution in [-0.2, 0) is 4.79 Å². The summed E-state index contributed by atoms with van der Waals surface area (Å²) < 4.78 is 8.06. The molecule has 164 valence electrons. The second kappa shape index (κ2) is 9.63. The van der Waals surface area contributed by atoms with Gasteiger partial charge >= 0.3 is 0 Å². The quantitative estimate of drug-likeness (QED) is 0.408. The van der Waals surface area contributed by atoms with Gasteiger partial charge in [-0.25, -0.2) is 0 Å². The van der Waals surface area contributed by atoms with Crippen LogP contribution in [0.4, 0.5) is 0 Å². The second-order valence-electron chi connectivity index (χ2n) is 7.09. The Morgan fingerprint density at radius 3 is 2.39 bits per heavy atom. The van der Waals surface area contributed by atoms with Crippen molar-refractivity contribution in [3.8, 4) is 5.75 Å². The number of halogens is 3. The van der Waals surface area contributed by atoms with Crippen molar-refractivity contribution in [3.05, 3.63) is 61.7 Å². The minimum atomic E-state index is -0.506. The molecule has 1 amide bonds. The van der Waals surface area contributed by atoms with E-state index >= 15 is 0 Å². The summed E-state index contributed by atoms with van der Waals surface area (Å²) in [6.07, 6.45) is 0. The van der Waals surface area contributed by atoms with Crippen molar-refractivity contribution < 1.29 is 14.3 Å². The van der Waals surface area contributed by atoms with E-state index < -0.39 is 5.92 Å². The van der Waals surface area contributed by atoms with Crippen molar-refractivity contribution in [1.82, 2.24) is 9.88 Å². The van der Waals surface area contributed by atoms with Crippen LogP contribution in [0, 0.1) is 6.92 Å². The van der Waals surface area contributed by atoms with Gasteiger partial charge in [0, 0.05) is 27.7 Å². The van der Waals surface area contributed by atoms with Gasteiger partial charge in [0.05, 0.1) is 23.1 Å². The first-order valence-corrected chi connectivity index (χ1v) is 11.5. The molecule has 2 aromatic carbocycles. The van der Waals surface area contributed by atoms with Crippen molar-refractivity contribution in [2.45, 2.75) is 33.6 Å². The van der Waals surface area contributed by atoms with Crippen molar-refractivity contribution in [2.75, 3.05) is 13.2 Å². The van der Waals surface area contributed by atoms with Crippen LogP contribution in [-0.4, -0.2) is 29.5 Å². The summed E-state index contributed by atoms with van der Waals surface area (Å²) in [7, 11) is 0. The van der Waals surface area contributed by atoms with Gasteiger partial charge in [-0.05, 0) is 63.6 Å². The average Bonchev–Trinajstić information content (AvgIpc) is 3.03. The normalized spacial score (nSPS) is 12.1. The zero-order chi connectivity index (χ0) is 22.9. The first-order valence-electron chi connectivity index (χ1n) is 9.96. The standard InChI is InChI=1S/C23H23BrCl2N2O3/c1-5-27-22(29)12(3)18-13(4)28(23(30)14-7-9-15(24)10-8-14)21-16(18)11-17(31-6-2)19(25)20(21)26/h7-12H,5-6H2,1-4H3,(H,27,29). The van der Waals surface area contributed by atoms with E-state index in [2.05, 4.69) is 21.2 Å². The van der Waals surface area contributed by atoms with Crippen LogP contribution < -0.4 is 10.1 Å². The van der Waals surface area contributed by atoms with Crippen LogP contribution in [0.25, 0.3) is 10.9 Å². The molecular weight excluding hydrogens is 503 g/mol. The highest BCUT2D eigenvalue weighted by Crippen LogP contribution is 2.44. The molecule has 1 N–H and O–H groups in total. The number of hydrogen-bond acceptors (Lipinski definition) is 3. The molecule has 0 aliphatic heterocycles. The minimum Gasteiger partial charge on any atom is -0.492 e. The Balaban J connectivity index is 2.35. The van der Waals surface area contributed by atoms with Crippen LogP contribution in [0.2, 0.25) is 10.0 Å². The van der Waals surface area contributed by atoms with Crippen molar-refractivity contribution in [1.29, 1.82) is 0 Å². The number of benzene rings is 2. The number of aromatic nitrogens is 1. The summed E-state index contributed by atoms with van der Waals surface area (Å²) in [4.78, 5) is 26.2. The van der Waals surface area contributed by atoms with E-state index in [4.69, 9.17) is 27.9 Å². The molecule has 3 aromatic rings. The zero-order valence-electron chi connectivity index (χ0n) is 17.7. The van der Waals surface area contributed by atoms with E-state index in [9.17, 15) is 9.59 Å². The SMILES string of the molecule is CCNC(=O)C(C)c1c(C)n(C(=O)c2ccc(Br)cc2)c2c(Cl)c(Cl)c(OCC)cc12. The molecule has 3 rings (SSSR count). The number of nitrogens with one attached hydrogen (secondary N) is 1. The van der Waals surface area contributed by atoms with Crippen LogP contribution in [0.15, 0.2) is 34.8 Å². The summed E-state index contributed by atoms with van der Waals surface area (Å²) in [6.45, 7) is 8.24. The average molecular weight is 526 g/mol. The number of rotatable bonds is 6. The van der Waals surface area contributed by atoms with E-state index in [1.165, 1.54) is 4.57 Å². The maximum atomic E-state index is 13.5. The maximum Gasteiger partial charge on any atom is 0.262 e. The lowest BCUT2D eigenvalue weighted by molar-refractivity contribution is -0.122. The molecule has 1 unspecified atom stereocenters. The van der Waals surface area contributed by atoms with E-state index in [1.807, 2.05) is 27.7 Å². The van der Waals surface area contributed by atoms with Crippen LogP contribution >= 0.6 is 39.1 Å². The van der Waals surface area contributed by atoms with E-state index in [0.29, 0.717) is 46.6 Å². The Kier molecular flexibility index (Phi) is 7.35. The summed E-state index contributed by atoms with van der Waals surface area (Å²) >= 11 is 16.5. The van der Waals surface area contributed by atoms with Crippen molar-refractivity contribution in [3.63, 3.8) is 0 Å². The molecule has 0 aliphatic rings. The fraction of sp³-hybridized carbons (Fsp3) is 0.304. The van der Waals surface area contributed by atoms with E-state index in [-0.39, 0.29) is 21.9 Å². The predicted octanol–water partition coefficient (Wildman–Crippen LogP) is 6.35. The minimum absolute atomic E-state index is 0.134. The zero-order valence-corrected chi connectivity index (χ0v) is 20.8. The number of carbonyl (C=O) groups excluding carboxylic acids is 2. The Bertz CT molecular complexity index is 1160.